The molecule has 0 saturated carbocycles. The van der Waals surface area contributed by atoms with Crippen LogP contribution in [0.2, 0.25) is 0 Å². The first-order chi connectivity index (χ1) is 6.36. The summed E-state index contributed by atoms with van der Waals surface area (Å²) in [6, 6.07) is 0. The molecule has 0 radical (unpaired) electrons. The maximum Gasteiger partial charge on any atom is 0.417 e. The number of hydrogen-bond donors (Lipinski definition) is 1. The van der Waals surface area contributed by atoms with E-state index < -0.39 is 5.76 Å². The van der Waals surface area contributed by atoms with Crippen molar-refractivity contribution in [3.8, 4) is 0 Å². The minimum atomic E-state index is -0.397. The first-order valence-corrected chi connectivity index (χ1v) is 4.42. The monoisotopic (exact) mass is 181 g/mol. The van der Waals surface area contributed by atoms with E-state index in [0.29, 0.717) is 5.76 Å². The lowest BCUT2D eigenvalue weighted by Crippen LogP contribution is -1.94. The fraction of sp³-hybridized carbons (Fsp3) is 0.300. The second-order valence-corrected chi connectivity index (χ2v) is 2.33. The zero-order valence-corrected chi connectivity index (χ0v) is 7.83. The van der Waals surface area contributed by atoms with Crippen molar-refractivity contribution in [2.75, 3.05) is 0 Å². The number of aromatic nitrogens is 1. The zero-order valence-electron chi connectivity index (χ0n) is 7.83. The van der Waals surface area contributed by atoms with Gasteiger partial charge in [0.1, 0.15) is 0 Å². The van der Waals surface area contributed by atoms with Crippen molar-refractivity contribution in [3.63, 3.8) is 0 Å². The Labute approximate surface area is 78.3 Å². The molecule has 1 aromatic rings. The van der Waals surface area contributed by atoms with Gasteiger partial charge in [0.2, 0.25) is 0 Å². The Balaban J connectivity index is 0.000000531. The molecule has 0 unspecified atom stereocenters. The van der Waals surface area contributed by atoms with E-state index in [-0.39, 0.29) is 1.43 Å². The van der Waals surface area contributed by atoms with E-state index in [4.69, 9.17) is 4.42 Å². The van der Waals surface area contributed by atoms with Gasteiger partial charge < -0.3 is 4.42 Å². The van der Waals surface area contributed by atoms with Crippen LogP contribution in [0.3, 0.4) is 0 Å². The van der Waals surface area contributed by atoms with Gasteiger partial charge in [-0.3, -0.25) is 4.98 Å². The van der Waals surface area contributed by atoms with Crippen LogP contribution < -0.4 is 5.76 Å². The molecule has 72 valence electrons. The van der Waals surface area contributed by atoms with Crippen LogP contribution in [0.4, 0.5) is 0 Å². The number of aromatic amines is 1. The van der Waals surface area contributed by atoms with E-state index in [9.17, 15) is 4.79 Å². The molecule has 0 amide bonds. The molecule has 3 nitrogen and oxygen atoms in total. The summed E-state index contributed by atoms with van der Waals surface area (Å²) in [6.45, 7) is 4.00. The summed E-state index contributed by atoms with van der Waals surface area (Å²) in [5.41, 5.74) is 0.753. The molecule has 0 atom stereocenters. The Morgan fingerprint density at radius 3 is 2.85 bits per heavy atom. The van der Waals surface area contributed by atoms with E-state index in [1.165, 1.54) is 0 Å². The molecular weight excluding hydrogens is 166 g/mol. The fourth-order valence-corrected chi connectivity index (χ4v) is 1.04. The van der Waals surface area contributed by atoms with Crippen molar-refractivity contribution in [2.45, 2.75) is 20.3 Å². The molecule has 0 spiro atoms. The summed E-state index contributed by atoms with van der Waals surface area (Å²) in [5, 5.41) is 0. The molecule has 13 heavy (non-hydrogen) atoms. The summed E-state index contributed by atoms with van der Waals surface area (Å²) in [7, 11) is 0. The second kappa shape index (κ2) is 4.50. The highest BCUT2D eigenvalue weighted by molar-refractivity contribution is 5.60. The van der Waals surface area contributed by atoms with Crippen LogP contribution in [-0.4, -0.2) is 4.98 Å². The summed E-state index contributed by atoms with van der Waals surface area (Å²) in [5.74, 6) is 0.218. The van der Waals surface area contributed by atoms with Gasteiger partial charge >= 0.3 is 5.76 Å². The third-order valence-corrected chi connectivity index (χ3v) is 1.53. The molecule has 2 rings (SSSR count). The van der Waals surface area contributed by atoms with Gasteiger partial charge in [-0.2, -0.15) is 0 Å². The van der Waals surface area contributed by atoms with Crippen LogP contribution in [-0.2, 0) is 0 Å². The SMILES string of the molecule is CC.O=c1[nH]c2c(o1)C=CCC=C2.[HH]. The Bertz CT molecular complexity index is 341. The van der Waals surface area contributed by atoms with Crippen LogP contribution in [0.15, 0.2) is 21.4 Å². The van der Waals surface area contributed by atoms with Gasteiger partial charge in [-0.05, 0) is 18.6 Å². The lowest BCUT2D eigenvalue weighted by atomic mass is 10.3. The van der Waals surface area contributed by atoms with E-state index >= 15 is 0 Å². The van der Waals surface area contributed by atoms with E-state index in [1.54, 1.807) is 6.08 Å². The summed E-state index contributed by atoms with van der Waals surface area (Å²) >= 11 is 0. The van der Waals surface area contributed by atoms with Crippen LogP contribution in [0, 0.1) is 0 Å². The molecule has 3 heteroatoms. The van der Waals surface area contributed by atoms with Crippen molar-refractivity contribution >= 4 is 12.2 Å². The van der Waals surface area contributed by atoms with Gasteiger partial charge in [0.05, 0.1) is 5.69 Å². The smallest absolute Gasteiger partial charge is 0.408 e. The first kappa shape index (κ1) is 9.58. The molecular formula is C10H15NO2. The molecule has 0 aliphatic heterocycles. The third-order valence-electron chi connectivity index (χ3n) is 1.53. The summed E-state index contributed by atoms with van der Waals surface area (Å²) < 4.78 is 4.84. The Kier molecular flexibility index (Phi) is 3.31. The topological polar surface area (TPSA) is 46.0 Å². The number of rotatable bonds is 0. The molecule has 1 aliphatic rings. The Hall–Kier alpha value is -1.51. The van der Waals surface area contributed by atoms with Gasteiger partial charge in [0.15, 0.2) is 5.76 Å². The molecule has 1 aromatic heterocycles. The number of fused-ring (bicyclic) bond motifs is 1. The van der Waals surface area contributed by atoms with Crippen molar-refractivity contribution < 1.29 is 5.84 Å². The van der Waals surface area contributed by atoms with Crippen LogP contribution >= 0.6 is 0 Å². The third kappa shape index (κ3) is 2.21. The van der Waals surface area contributed by atoms with Gasteiger partial charge in [-0.25, -0.2) is 4.79 Å². The average Bonchev–Trinajstić information content (AvgIpc) is 2.36. The second-order valence-electron chi connectivity index (χ2n) is 2.33. The van der Waals surface area contributed by atoms with E-state index in [0.717, 1.165) is 12.1 Å². The van der Waals surface area contributed by atoms with Crippen molar-refractivity contribution in [3.05, 3.63) is 34.2 Å². The molecule has 1 N–H and O–H groups in total. The highest BCUT2D eigenvalue weighted by atomic mass is 16.4. The Morgan fingerprint density at radius 2 is 2.08 bits per heavy atom. The Morgan fingerprint density at radius 1 is 1.38 bits per heavy atom. The highest BCUT2D eigenvalue weighted by Crippen LogP contribution is 2.12. The molecule has 0 aromatic carbocycles. The standard InChI is InChI=1S/C8H7NO2.C2H6.H2/c10-8-9-6-4-2-1-3-5-7(6)11-8;1-2;/h2-5H,1H2,(H,9,10);1-2H3;1H. The maximum absolute atomic E-state index is 10.7. The quantitative estimate of drug-likeness (QED) is 0.668. The molecule has 1 aliphatic carbocycles. The predicted molar refractivity (Wildman–Crippen MR) is 55.5 cm³/mol. The number of H-pyrrole nitrogens is 1. The largest absolute Gasteiger partial charge is 0.417 e. The number of oxazole rings is 1. The molecule has 0 saturated heterocycles. The lowest BCUT2D eigenvalue weighted by molar-refractivity contribution is 0.506. The van der Waals surface area contributed by atoms with Gasteiger partial charge in [0, 0.05) is 1.43 Å². The minimum Gasteiger partial charge on any atom is -0.408 e. The summed E-state index contributed by atoms with van der Waals surface area (Å²) in [6.07, 6.45) is 8.44. The van der Waals surface area contributed by atoms with Gasteiger partial charge in [0.25, 0.3) is 0 Å². The van der Waals surface area contributed by atoms with Crippen molar-refractivity contribution in [1.82, 2.24) is 4.98 Å². The maximum atomic E-state index is 10.7. The predicted octanol–water partition coefficient (Wildman–Crippen LogP) is 2.67. The zero-order chi connectivity index (χ0) is 9.68. The minimum absolute atomic E-state index is 0. The molecule has 0 bridgehead atoms. The van der Waals surface area contributed by atoms with Gasteiger partial charge in [-0.15, -0.1) is 0 Å². The number of hydrogen-bond acceptors (Lipinski definition) is 2. The van der Waals surface area contributed by atoms with Crippen molar-refractivity contribution in [1.29, 1.82) is 0 Å². The molecule has 0 fully saturated rings. The van der Waals surface area contributed by atoms with Gasteiger partial charge in [-0.1, -0.05) is 26.0 Å². The lowest BCUT2D eigenvalue weighted by Gasteiger charge is -1.82. The fourth-order valence-electron chi connectivity index (χ4n) is 1.04. The van der Waals surface area contributed by atoms with Crippen molar-refractivity contribution in [2.24, 2.45) is 0 Å². The number of allylic oxidation sites excluding steroid dienone is 2. The average molecular weight is 181 g/mol. The summed E-state index contributed by atoms with van der Waals surface area (Å²) in [4.78, 5) is 13.3. The molecule has 1 heterocycles. The van der Waals surface area contributed by atoms with Crippen LogP contribution in [0.25, 0.3) is 12.2 Å². The van der Waals surface area contributed by atoms with E-state index in [1.807, 2.05) is 32.1 Å². The van der Waals surface area contributed by atoms with Crippen LogP contribution in [0.5, 0.6) is 0 Å². The van der Waals surface area contributed by atoms with E-state index in [2.05, 4.69) is 4.98 Å². The first-order valence-electron chi connectivity index (χ1n) is 4.42. The number of nitrogens with one attached hydrogen (secondary N) is 1. The van der Waals surface area contributed by atoms with Crippen LogP contribution in [0.1, 0.15) is 33.1 Å². The highest BCUT2D eigenvalue weighted by Gasteiger charge is 2.03. The normalized spacial score (nSPS) is 12.8.